The summed E-state index contributed by atoms with van der Waals surface area (Å²) in [4.78, 5) is 14.9. The quantitative estimate of drug-likeness (QED) is 0.851. The van der Waals surface area contributed by atoms with Crippen LogP contribution in [-0.2, 0) is 4.74 Å². The molecule has 1 aromatic heterocycles. The summed E-state index contributed by atoms with van der Waals surface area (Å²) in [5.41, 5.74) is 0.806. The first-order valence-electron chi connectivity index (χ1n) is 6.12. The number of nitrogens with zero attached hydrogens (tertiary/aromatic N) is 1. The largest absolute Gasteiger partial charge is 0.447 e. The van der Waals surface area contributed by atoms with Crippen molar-refractivity contribution in [1.82, 2.24) is 10.3 Å². The molecule has 2 rings (SSSR count). The average Bonchev–Trinajstić information content (AvgIpc) is 2.87. The summed E-state index contributed by atoms with van der Waals surface area (Å²) in [5, 5.41) is 2.65. The second-order valence-electron chi connectivity index (χ2n) is 3.84. The first-order valence-corrected chi connectivity index (χ1v) is 6.91. The third kappa shape index (κ3) is 5.84. The lowest BCUT2D eigenvalue weighted by atomic mass is 10.2. The molecule has 2 heterocycles. The number of carbonyl (C=O) groups is 1. The van der Waals surface area contributed by atoms with Crippen molar-refractivity contribution < 1.29 is 9.53 Å². The Balaban J connectivity index is 0.000000246. The SMILES string of the molecule is C=C/C=C\C=C/C.O=C1N[C@H](c2cc(Br)ccn2)CO1. The van der Waals surface area contributed by atoms with Crippen molar-refractivity contribution in [2.24, 2.45) is 0 Å². The van der Waals surface area contributed by atoms with E-state index in [1.807, 2.05) is 43.4 Å². The highest BCUT2D eigenvalue weighted by molar-refractivity contribution is 9.10. The fourth-order valence-corrected chi connectivity index (χ4v) is 1.76. The van der Waals surface area contributed by atoms with E-state index in [4.69, 9.17) is 4.74 Å². The highest BCUT2D eigenvalue weighted by Crippen LogP contribution is 2.18. The van der Waals surface area contributed by atoms with Gasteiger partial charge in [0.1, 0.15) is 12.6 Å². The summed E-state index contributed by atoms with van der Waals surface area (Å²) in [6.45, 7) is 5.84. The number of rotatable bonds is 3. The zero-order chi connectivity index (χ0) is 14.8. The van der Waals surface area contributed by atoms with E-state index in [9.17, 15) is 4.79 Å². The van der Waals surface area contributed by atoms with Crippen LogP contribution < -0.4 is 5.32 Å². The summed E-state index contributed by atoms with van der Waals surface area (Å²) in [7, 11) is 0. The molecule has 4 nitrogen and oxygen atoms in total. The van der Waals surface area contributed by atoms with Crippen LogP contribution in [0.15, 0.2) is 59.8 Å². The van der Waals surface area contributed by atoms with E-state index in [0.717, 1.165) is 10.2 Å². The van der Waals surface area contributed by atoms with Crippen LogP contribution in [0.25, 0.3) is 0 Å². The predicted octanol–water partition coefficient (Wildman–Crippen LogP) is 3.93. The van der Waals surface area contributed by atoms with Crippen LogP contribution in [-0.4, -0.2) is 17.7 Å². The molecule has 1 saturated heterocycles. The second-order valence-corrected chi connectivity index (χ2v) is 4.76. The summed E-state index contributed by atoms with van der Waals surface area (Å²) in [6.07, 6.45) is 10.8. The fourth-order valence-electron chi connectivity index (χ4n) is 1.41. The number of hydrogen-bond acceptors (Lipinski definition) is 3. The molecule has 0 spiro atoms. The topological polar surface area (TPSA) is 51.2 Å². The fraction of sp³-hybridized carbons (Fsp3) is 0.200. The Labute approximate surface area is 127 Å². The normalized spacial score (nSPS) is 17.5. The monoisotopic (exact) mass is 336 g/mol. The second kappa shape index (κ2) is 9.09. The smallest absolute Gasteiger partial charge is 0.407 e. The van der Waals surface area contributed by atoms with Gasteiger partial charge in [-0.1, -0.05) is 52.9 Å². The maximum absolute atomic E-state index is 10.7. The van der Waals surface area contributed by atoms with Crippen molar-refractivity contribution in [2.75, 3.05) is 6.61 Å². The van der Waals surface area contributed by atoms with Crippen molar-refractivity contribution in [3.05, 3.63) is 65.5 Å². The number of amides is 1. The number of alkyl carbamates (subject to hydrolysis) is 1. The van der Waals surface area contributed by atoms with Crippen LogP contribution in [0.4, 0.5) is 4.79 Å². The average molecular weight is 337 g/mol. The van der Waals surface area contributed by atoms with Gasteiger partial charge in [0.05, 0.1) is 5.69 Å². The van der Waals surface area contributed by atoms with Crippen LogP contribution in [0, 0.1) is 0 Å². The molecule has 0 radical (unpaired) electrons. The van der Waals surface area contributed by atoms with Gasteiger partial charge in [-0.05, 0) is 19.1 Å². The van der Waals surface area contributed by atoms with Crippen LogP contribution in [0.1, 0.15) is 18.7 Å². The van der Waals surface area contributed by atoms with Crippen LogP contribution in [0.3, 0.4) is 0 Å². The van der Waals surface area contributed by atoms with E-state index >= 15 is 0 Å². The molecule has 0 aromatic carbocycles. The van der Waals surface area contributed by atoms with E-state index < -0.39 is 0 Å². The van der Waals surface area contributed by atoms with Gasteiger partial charge in [0.25, 0.3) is 0 Å². The first-order chi connectivity index (χ1) is 9.67. The molecule has 1 N–H and O–H groups in total. The maximum Gasteiger partial charge on any atom is 0.407 e. The standard InChI is InChI=1S/C8H7BrN2O2.C7H10/c9-5-1-2-10-6(3-5)7-4-13-8(12)11-7;1-3-5-7-6-4-2/h1-3,7H,4H2,(H,11,12);3-7H,1H2,2H3/b;6-4-,7-5-/t7-;/m0./s1. The minimum atomic E-state index is -0.383. The molecular formula is C15H17BrN2O2. The lowest BCUT2D eigenvalue weighted by Gasteiger charge is -2.05. The van der Waals surface area contributed by atoms with Gasteiger partial charge < -0.3 is 10.1 Å². The number of pyridine rings is 1. The minimum absolute atomic E-state index is 0.120. The molecule has 1 aliphatic rings. The lowest BCUT2D eigenvalue weighted by Crippen LogP contribution is -2.19. The molecule has 0 aliphatic carbocycles. The van der Waals surface area contributed by atoms with E-state index in [2.05, 4.69) is 32.8 Å². The Hall–Kier alpha value is -1.88. The number of ether oxygens (including phenoxy) is 1. The number of hydrogen-bond donors (Lipinski definition) is 1. The number of allylic oxidation sites excluding steroid dienone is 5. The zero-order valence-corrected chi connectivity index (χ0v) is 12.8. The minimum Gasteiger partial charge on any atom is -0.447 e. The molecule has 20 heavy (non-hydrogen) atoms. The van der Waals surface area contributed by atoms with Crippen molar-refractivity contribution in [3.8, 4) is 0 Å². The van der Waals surface area contributed by atoms with Crippen molar-refractivity contribution in [1.29, 1.82) is 0 Å². The van der Waals surface area contributed by atoms with Crippen LogP contribution in [0.5, 0.6) is 0 Å². The Morgan fingerprint density at radius 1 is 1.50 bits per heavy atom. The van der Waals surface area contributed by atoms with Gasteiger partial charge in [-0.3, -0.25) is 4.98 Å². The lowest BCUT2D eigenvalue weighted by molar-refractivity contribution is 0.177. The van der Waals surface area contributed by atoms with Crippen molar-refractivity contribution in [2.45, 2.75) is 13.0 Å². The predicted molar refractivity (Wildman–Crippen MR) is 83.3 cm³/mol. The summed E-state index contributed by atoms with van der Waals surface area (Å²) in [5.74, 6) is 0. The molecule has 1 aromatic rings. The number of halogens is 1. The van der Waals surface area contributed by atoms with E-state index in [0.29, 0.717) is 6.61 Å². The summed E-state index contributed by atoms with van der Waals surface area (Å²) < 4.78 is 5.70. The number of nitrogens with one attached hydrogen (secondary N) is 1. The van der Waals surface area contributed by atoms with Gasteiger partial charge in [-0.15, -0.1) is 0 Å². The Morgan fingerprint density at radius 3 is 2.85 bits per heavy atom. The van der Waals surface area contributed by atoms with Crippen molar-refractivity contribution in [3.63, 3.8) is 0 Å². The number of carbonyl (C=O) groups excluding carboxylic acids is 1. The Morgan fingerprint density at radius 2 is 2.30 bits per heavy atom. The first kappa shape index (κ1) is 16.2. The van der Waals surface area contributed by atoms with Crippen LogP contribution in [0.2, 0.25) is 0 Å². The van der Waals surface area contributed by atoms with Gasteiger partial charge in [-0.25, -0.2) is 4.79 Å². The Kier molecular flexibility index (Phi) is 7.35. The molecule has 0 unspecified atom stereocenters. The zero-order valence-electron chi connectivity index (χ0n) is 11.3. The van der Waals surface area contributed by atoms with Crippen LogP contribution >= 0.6 is 15.9 Å². The highest BCUT2D eigenvalue weighted by atomic mass is 79.9. The third-order valence-corrected chi connectivity index (χ3v) is 2.82. The molecule has 1 atom stereocenters. The molecule has 5 heteroatoms. The summed E-state index contributed by atoms with van der Waals surface area (Å²) in [6, 6.07) is 3.57. The van der Waals surface area contributed by atoms with E-state index in [-0.39, 0.29) is 12.1 Å². The van der Waals surface area contributed by atoms with Crippen molar-refractivity contribution >= 4 is 22.0 Å². The van der Waals surface area contributed by atoms with Gasteiger partial charge >= 0.3 is 6.09 Å². The Bertz CT molecular complexity index is 512. The third-order valence-electron chi connectivity index (χ3n) is 2.32. The number of aromatic nitrogens is 1. The van der Waals surface area contributed by atoms with Gasteiger partial charge in [0, 0.05) is 10.7 Å². The molecule has 106 valence electrons. The van der Waals surface area contributed by atoms with Gasteiger partial charge in [0.15, 0.2) is 0 Å². The maximum atomic E-state index is 10.7. The summed E-state index contributed by atoms with van der Waals surface area (Å²) >= 11 is 3.33. The van der Waals surface area contributed by atoms with E-state index in [1.165, 1.54) is 0 Å². The molecule has 0 saturated carbocycles. The highest BCUT2D eigenvalue weighted by Gasteiger charge is 2.24. The molecular weight excluding hydrogens is 320 g/mol. The van der Waals surface area contributed by atoms with E-state index in [1.54, 1.807) is 12.3 Å². The molecule has 0 bridgehead atoms. The van der Waals surface area contributed by atoms with Gasteiger partial charge in [-0.2, -0.15) is 0 Å². The van der Waals surface area contributed by atoms with Gasteiger partial charge in [0.2, 0.25) is 0 Å². The molecule has 1 amide bonds. The molecule has 1 aliphatic heterocycles. The molecule has 1 fully saturated rings. The number of cyclic esters (lactones) is 1.